The molecule has 0 aliphatic carbocycles. The number of fused-ring (bicyclic) bond motifs is 3. The van der Waals surface area contributed by atoms with Crippen LogP contribution in [0.15, 0.2) is 52.5 Å². The van der Waals surface area contributed by atoms with Crippen molar-refractivity contribution in [3.63, 3.8) is 0 Å². The summed E-state index contributed by atoms with van der Waals surface area (Å²) in [6.07, 6.45) is 1.08. The molecule has 5 heterocycles. The Balaban J connectivity index is 1.43. The van der Waals surface area contributed by atoms with Crippen LogP contribution in [0.2, 0.25) is 5.02 Å². The van der Waals surface area contributed by atoms with Crippen LogP contribution in [0.4, 0.5) is 5.95 Å². The maximum atomic E-state index is 6.31. The highest BCUT2D eigenvalue weighted by molar-refractivity contribution is 7.13. The topological polar surface area (TPSA) is 49.6 Å². The van der Waals surface area contributed by atoms with E-state index < -0.39 is 0 Å². The molecular formula is C23H21ClN6S2. The second-order valence-electron chi connectivity index (χ2n) is 7.98. The van der Waals surface area contributed by atoms with Crippen molar-refractivity contribution >= 4 is 56.8 Å². The molecule has 9 heteroatoms. The summed E-state index contributed by atoms with van der Waals surface area (Å²) < 4.78 is 2.12. The number of nitrogens with zero attached hydrogens (tertiary/aromatic N) is 6. The highest BCUT2D eigenvalue weighted by Gasteiger charge is 2.23. The fourth-order valence-electron chi connectivity index (χ4n) is 4.34. The predicted octanol–water partition coefficient (Wildman–Crippen LogP) is 5.43. The average Bonchev–Trinajstić information content (AvgIpc) is 3.54. The molecule has 0 saturated carbocycles. The lowest BCUT2D eigenvalue weighted by Crippen LogP contribution is -2.32. The zero-order valence-corrected chi connectivity index (χ0v) is 19.7. The first-order valence-electron chi connectivity index (χ1n) is 10.6. The normalized spacial score (nSPS) is 15.6. The maximum absolute atomic E-state index is 6.31. The van der Waals surface area contributed by atoms with Crippen LogP contribution < -0.4 is 4.90 Å². The van der Waals surface area contributed by atoms with Gasteiger partial charge in [0.2, 0.25) is 5.95 Å². The summed E-state index contributed by atoms with van der Waals surface area (Å²) in [5, 5.41) is 17.2. The molecule has 0 bridgehead atoms. The van der Waals surface area contributed by atoms with Gasteiger partial charge in [-0.05, 0) is 58.5 Å². The molecule has 6 nitrogen and oxygen atoms in total. The number of anilines is 1. The molecule has 6 rings (SSSR count). The number of thiophene rings is 2. The standard InChI is InChI=1S/C23H21ClN6S2/c24-17-4-5-18-19(13-17)25-23(30-21(18)26-27-22(30)20-3-1-11-32-20)29-8-2-7-28(9-10-29)14-16-6-12-31-15-16/h1,3-6,11-13,15H,2,7-10,14H2. The number of hydrogen-bond acceptors (Lipinski definition) is 7. The van der Waals surface area contributed by atoms with Crippen molar-refractivity contribution in [2.24, 2.45) is 0 Å². The number of hydrogen-bond donors (Lipinski definition) is 0. The van der Waals surface area contributed by atoms with Crippen LogP contribution in [-0.2, 0) is 6.54 Å². The molecule has 1 fully saturated rings. The average molecular weight is 481 g/mol. The van der Waals surface area contributed by atoms with Crippen molar-refractivity contribution in [2.75, 3.05) is 31.1 Å². The largest absolute Gasteiger partial charge is 0.341 e. The van der Waals surface area contributed by atoms with Crippen molar-refractivity contribution in [3.05, 3.63) is 63.1 Å². The van der Waals surface area contributed by atoms with Crippen LogP contribution in [0.5, 0.6) is 0 Å². The Bertz CT molecular complexity index is 1360. The Morgan fingerprint density at radius 2 is 1.97 bits per heavy atom. The van der Waals surface area contributed by atoms with Crippen LogP contribution in [0, 0.1) is 0 Å². The zero-order valence-electron chi connectivity index (χ0n) is 17.3. The van der Waals surface area contributed by atoms with Crippen LogP contribution in [-0.4, -0.2) is 50.7 Å². The summed E-state index contributed by atoms with van der Waals surface area (Å²) in [7, 11) is 0. The van der Waals surface area contributed by atoms with Gasteiger partial charge in [0.05, 0.1) is 10.4 Å². The summed E-state index contributed by atoms with van der Waals surface area (Å²) in [5.41, 5.74) is 3.07. The predicted molar refractivity (Wildman–Crippen MR) is 133 cm³/mol. The molecule has 1 aliphatic rings. The van der Waals surface area contributed by atoms with Crippen molar-refractivity contribution in [1.82, 2.24) is 24.5 Å². The van der Waals surface area contributed by atoms with Gasteiger partial charge in [0, 0.05) is 43.1 Å². The number of benzene rings is 1. The van der Waals surface area contributed by atoms with E-state index in [1.807, 2.05) is 24.3 Å². The maximum Gasteiger partial charge on any atom is 0.213 e. The molecule has 1 aliphatic heterocycles. The third kappa shape index (κ3) is 3.67. The molecule has 0 N–H and O–H groups in total. The quantitative estimate of drug-likeness (QED) is 0.343. The lowest BCUT2D eigenvalue weighted by Gasteiger charge is -2.24. The van der Waals surface area contributed by atoms with Gasteiger partial charge in [-0.15, -0.1) is 21.5 Å². The lowest BCUT2D eigenvalue weighted by molar-refractivity contribution is 0.286. The summed E-state index contributed by atoms with van der Waals surface area (Å²) in [6.45, 7) is 4.91. The monoisotopic (exact) mass is 480 g/mol. The van der Waals surface area contributed by atoms with Gasteiger partial charge in [0.25, 0.3) is 0 Å². The molecule has 1 saturated heterocycles. The Kier molecular flexibility index (Phi) is 5.30. The van der Waals surface area contributed by atoms with Crippen molar-refractivity contribution < 1.29 is 0 Å². The molecule has 0 atom stereocenters. The van der Waals surface area contributed by atoms with Gasteiger partial charge in [-0.2, -0.15) is 11.3 Å². The molecule has 0 radical (unpaired) electrons. The van der Waals surface area contributed by atoms with E-state index in [-0.39, 0.29) is 0 Å². The smallest absolute Gasteiger partial charge is 0.213 e. The molecule has 0 unspecified atom stereocenters. The first-order valence-corrected chi connectivity index (χ1v) is 12.8. The van der Waals surface area contributed by atoms with Crippen LogP contribution in [0.3, 0.4) is 0 Å². The van der Waals surface area contributed by atoms with Gasteiger partial charge < -0.3 is 4.90 Å². The second kappa shape index (κ2) is 8.44. The summed E-state index contributed by atoms with van der Waals surface area (Å²) >= 11 is 9.74. The highest BCUT2D eigenvalue weighted by Crippen LogP contribution is 2.31. The van der Waals surface area contributed by atoms with Gasteiger partial charge >= 0.3 is 0 Å². The minimum absolute atomic E-state index is 0.677. The first-order chi connectivity index (χ1) is 15.8. The third-order valence-corrected chi connectivity index (χ3v) is 7.72. The zero-order chi connectivity index (χ0) is 21.5. The molecule has 1 aromatic carbocycles. The number of rotatable bonds is 4. The van der Waals surface area contributed by atoms with E-state index in [1.54, 1.807) is 22.7 Å². The second-order valence-corrected chi connectivity index (χ2v) is 10.1. The summed E-state index contributed by atoms with van der Waals surface area (Å²) in [5.74, 6) is 1.73. The molecule has 0 amide bonds. The van der Waals surface area contributed by atoms with E-state index in [1.165, 1.54) is 5.56 Å². The van der Waals surface area contributed by atoms with E-state index >= 15 is 0 Å². The SMILES string of the molecule is Clc1ccc2c(c1)nc(N1CCCN(Cc3ccsc3)CC1)n1c(-c3cccs3)nnc21. The van der Waals surface area contributed by atoms with Crippen molar-refractivity contribution in [1.29, 1.82) is 0 Å². The molecule has 0 spiro atoms. The van der Waals surface area contributed by atoms with Crippen LogP contribution >= 0.6 is 34.3 Å². The number of aromatic nitrogens is 4. The van der Waals surface area contributed by atoms with E-state index in [9.17, 15) is 0 Å². The molecule has 162 valence electrons. The lowest BCUT2D eigenvalue weighted by atomic mass is 10.2. The highest BCUT2D eigenvalue weighted by atomic mass is 35.5. The minimum atomic E-state index is 0.677. The van der Waals surface area contributed by atoms with Gasteiger partial charge in [-0.25, -0.2) is 9.38 Å². The van der Waals surface area contributed by atoms with E-state index in [2.05, 4.69) is 52.7 Å². The third-order valence-electron chi connectivity index (χ3n) is 5.88. The first kappa shape index (κ1) is 20.1. The fourth-order valence-corrected chi connectivity index (χ4v) is 5.86. The summed E-state index contributed by atoms with van der Waals surface area (Å²) in [4.78, 5) is 11.1. The van der Waals surface area contributed by atoms with Crippen molar-refractivity contribution in [3.8, 4) is 10.7 Å². The van der Waals surface area contributed by atoms with Gasteiger partial charge in [0.1, 0.15) is 0 Å². The Hall–Kier alpha value is -2.52. The van der Waals surface area contributed by atoms with Gasteiger partial charge in [0.15, 0.2) is 11.5 Å². The number of halogens is 1. The molecular weight excluding hydrogens is 460 g/mol. The van der Waals surface area contributed by atoms with E-state index in [4.69, 9.17) is 16.6 Å². The van der Waals surface area contributed by atoms with Gasteiger partial charge in [-0.1, -0.05) is 17.7 Å². The van der Waals surface area contributed by atoms with Crippen LogP contribution in [0.1, 0.15) is 12.0 Å². The van der Waals surface area contributed by atoms with E-state index in [0.29, 0.717) is 5.02 Å². The van der Waals surface area contributed by atoms with Crippen LogP contribution in [0.25, 0.3) is 27.3 Å². The van der Waals surface area contributed by atoms with Crippen molar-refractivity contribution in [2.45, 2.75) is 13.0 Å². The fraction of sp³-hybridized carbons (Fsp3) is 0.261. The molecule has 32 heavy (non-hydrogen) atoms. The molecule has 5 aromatic rings. The summed E-state index contributed by atoms with van der Waals surface area (Å²) in [6, 6.07) is 12.1. The van der Waals surface area contributed by atoms with Gasteiger partial charge in [-0.3, -0.25) is 4.90 Å². The Morgan fingerprint density at radius 1 is 1.00 bits per heavy atom. The minimum Gasteiger partial charge on any atom is -0.341 e. The van der Waals surface area contributed by atoms with E-state index in [0.717, 1.165) is 72.3 Å². The Labute approximate surface area is 198 Å². The molecule has 4 aromatic heterocycles. The Morgan fingerprint density at radius 3 is 2.81 bits per heavy atom.